The van der Waals surface area contributed by atoms with Crippen molar-refractivity contribution in [1.82, 2.24) is 14.1 Å². The van der Waals surface area contributed by atoms with E-state index in [1.165, 1.54) is 10.1 Å². The number of nitrogens with one attached hydrogen (secondary N) is 1. The van der Waals surface area contributed by atoms with Crippen LogP contribution in [0.2, 0.25) is 0 Å². The fourth-order valence-electron chi connectivity index (χ4n) is 3.82. The molecule has 0 unspecified atom stereocenters. The minimum Gasteiger partial charge on any atom is -0.267 e. The Hall–Kier alpha value is -2.83. The van der Waals surface area contributed by atoms with Crippen LogP contribution in [-0.4, -0.2) is 27.2 Å². The van der Waals surface area contributed by atoms with Gasteiger partial charge < -0.3 is 0 Å². The van der Waals surface area contributed by atoms with Crippen LogP contribution in [0.4, 0.5) is 5.95 Å². The van der Waals surface area contributed by atoms with Crippen molar-refractivity contribution in [2.75, 3.05) is 18.0 Å². The number of rotatable bonds is 4. The maximum Gasteiger partial charge on any atom is 0.359 e. The summed E-state index contributed by atoms with van der Waals surface area (Å²) >= 11 is 0. The molecule has 1 N–H and O–H groups in total. The lowest BCUT2D eigenvalue weighted by molar-refractivity contribution is -0.663. The minimum absolute atomic E-state index is 0.210. The number of imidazole rings is 1. The number of hydrogen-bond donors (Lipinski definition) is 1. The Kier molecular flexibility index (Phi) is 4.14. The van der Waals surface area contributed by atoms with Gasteiger partial charge in [0.2, 0.25) is 11.2 Å². The second-order valence-electron chi connectivity index (χ2n) is 6.76. The van der Waals surface area contributed by atoms with E-state index in [4.69, 9.17) is 0 Å². The van der Waals surface area contributed by atoms with Crippen LogP contribution in [0, 0.1) is 0 Å². The minimum atomic E-state index is -0.278. The average Bonchev–Trinajstić information content (AvgIpc) is 3.06. The van der Waals surface area contributed by atoms with Crippen molar-refractivity contribution in [1.29, 1.82) is 0 Å². The Morgan fingerprint density at radius 3 is 2.69 bits per heavy atom. The van der Waals surface area contributed by atoms with E-state index in [2.05, 4.69) is 34.1 Å². The van der Waals surface area contributed by atoms with E-state index >= 15 is 0 Å². The van der Waals surface area contributed by atoms with Gasteiger partial charge in [-0.15, -0.1) is 0 Å². The van der Waals surface area contributed by atoms with Crippen molar-refractivity contribution in [3.63, 3.8) is 0 Å². The lowest BCUT2D eigenvalue weighted by Crippen LogP contribution is -2.51. The molecule has 0 radical (unpaired) electrons. The van der Waals surface area contributed by atoms with Gasteiger partial charge in [-0.2, -0.15) is 0 Å². The number of anilines is 1. The quantitative estimate of drug-likeness (QED) is 0.705. The first-order valence-corrected chi connectivity index (χ1v) is 9.16. The van der Waals surface area contributed by atoms with Crippen LogP contribution in [0.15, 0.2) is 39.9 Å². The van der Waals surface area contributed by atoms with E-state index in [0.717, 1.165) is 38.4 Å². The van der Waals surface area contributed by atoms with Gasteiger partial charge in [0.25, 0.3) is 5.56 Å². The molecule has 7 heteroatoms. The number of benzene rings is 1. The zero-order valence-electron chi connectivity index (χ0n) is 15.2. The van der Waals surface area contributed by atoms with Gasteiger partial charge in [-0.25, -0.2) is 14.3 Å². The molecule has 4 rings (SSSR count). The second kappa shape index (κ2) is 6.48. The summed E-state index contributed by atoms with van der Waals surface area (Å²) in [5.41, 5.74) is 2.00. The summed E-state index contributed by atoms with van der Waals surface area (Å²) in [6.45, 7) is 4.79. The van der Waals surface area contributed by atoms with Crippen LogP contribution >= 0.6 is 0 Å². The van der Waals surface area contributed by atoms with Gasteiger partial charge >= 0.3 is 11.6 Å². The van der Waals surface area contributed by atoms with E-state index in [1.54, 1.807) is 11.6 Å². The Balaban J connectivity index is 1.78. The second-order valence-corrected chi connectivity index (χ2v) is 6.76. The third kappa shape index (κ3) is 2.55. The van der Waals surface area contributed by atoms with Crippen molar-refractivity contribution in [3.05, 3.63) is 56.7 Å². The zero-order chi connectivity index (χ0) is 18.3. The molecule has 0 amide bonds. The average molecular weight is 354 g/mol. The Labute approximate surface area is 151 Å². The van der Waals surface area contributed by atoms with Crippen molar-refractivity contribution in [3.8, 4) is 0 Å². The van der Waals surface area contributed by atoms with E-state index < -0.39 is 0 Å². The Morgan fingerprint density at radius 1 is 1.19 bits per heavy atom. The molecule has 0 atom stereocenters. The Morgan fingerprint density at radius 2 is 1.96 bits per heavy atom. The number of aromatic nitrogens is 4. The van der Waals surface area contributed by atoms with Crippen molar-refractivity contribution >= 4 is 17.1 Å². The lowest BCUT2D eigenvalue weighted by atomic mass is 10.1. The van der Waals surface area contributed by atoms with Gasteiger partial charge in [0.1, 0.15) is 0 Å². The lowest BCUT2D eigenvalue weighted by Gasteiger charge is -2.22. The van der Waals surface area contributed by atoms with Crippen LogP contribution in [0.1, 0.15) is 18.9 Å². The number of H-pyrrole nitrogens is 1. The molecule has 0 spiro atoms. The molecule has 0 saturated heterocycles. The number of nitrogens with zero attached hydrogens (tertiary/aromatic N) is 4. The van der Waals surface area contributed by atoms with E-state index in [1.807, 2.05) is 17.6 Å². The van der Waals surface area contributed by atoms with Gasteiger partial charge in [-0.3, -0.25) is 18.8 Å². The maximum absolute atomic E-state index is 12.8. The molecule has 3 heterocycles. The van der Waals surface area contributed by atoms with Crippen molar-refractivity contribution < 1.29 is 4.57 Å². The first kappa shape index (κ1) is 16.6. The molecular weight excluding hydrogens is 330 g/mol. The number of fused-ring (bicyclic) bond motifs is 3. The van der Waals surface area contributed by atoms with E-state index in [9.17, 15) is 9.59 Å². The van der Waals surface area contributed by atoms with Crippen LogP contribution in [-0.2, 0) is 26.6 Å². The summed E-state index contributed by atoms with van der Waals surface area (Å²) in [6.07, 6.45) is 1.92. The molecule has 1 aliphatic heterocycles. The van der Waals surface area contributed by atoms with E-state index in [-0.39, 0.29) is 11.2 Å². The fraction of sp³-hybridized carbons (Fsp3) is 0.421. The fourth-order valence-corrected chi connectivity index (χ4v) is 3.82. The zero-order valence-corrected chi connectivity index (χ0v) is 15.2. The van der Waals surface area contributed by atoms with Gasteiger partial charge in [0.05, 0.1) is 19.6 Å². The highest BCUT2D eigenvalue weighted by molar-refractivity contribution is 5.68. The molecule has 1 aliphatic rings. The van der Waals surface area contributed by atoms with Crippen LogP contribution < -0.4 is 20.7 Å². The standard InChI is InChI=1S/C19H23N5O2/c1-3-23-17(25)15-16(21(2)19(23)26)20-18-22(11-7-12-24(15)18)13-10-14-8-5-4-6-9-14/h4-6,8-9H,3,7,10-13H2,1-2H3/p+1. The maximum atomic E-state index is 12.8. The van der Waals surface area contributed by atoms with Crippen LogP contribution in [0.25, 0.3) is 11.2 Å². The highest BCUT2D eigenvalue weighted by Gasteiger charge is 2.31. The van der Waals surface area contributed by atoms with Crippen LogP contribution in [0.3, 0.4) is 0 Å². The summed E-state index contributed by atoms with van der Waals surface area (Å²) in [7, 11) is 1.72. The molecule has 2 aromatic heterocycles. The summed E-state index contributed by atoms with van der Waals surface area (Å²) in [6, 6.07) is 10.4. The monoisotopic (exact) mass is 354 g/mol. The molecule has 1 aromatic carbocycles. The van der Waals surface area contributed by atoms with Gasteiger partial charge in [-0.05, 0) is 12.5 Å². The first-order chi connectivity index (χ1) is 12.6. The molecule has 0 bridgehead atoms. The summed E-state index contributed by atoms with van der Waals surface area (Å²) < 4.78 is 4.88. The molecule has 0 saturated carbocycles. The van der Waals surface area contributed by atoms with Gasteiger partial charge in [0, 0.05) is 26.4 Å². The molecule has 3 aromatic rings. The third-order valence-corrected chi connectivity index (χ3v) is 5.22. The first-order valence-electron chi connectivity index (χ1n) is 9.16. The molecular formula is C19H24N5O2+. The predicted molar refractivity (Wildman–Crippen MR) is 101 cm³/mol. The molecule has 0 fully saturated rings. The molecule has 0 aliphatic carbocycles. The van der Waals surface area contributed by atoms with Crippen molar-refractivity contribution in [2.24, 2.45) is 7.05 Å². The van der Waals surface area contributed by atoms with Gasteiger partial charge in [-0.1, -0.05) is 30.3 Å². The summed E-state index contributed by atoms with van der Waals surface area (Å²) in [5, 5.41) is 0. The Bertz CT molecular complexity index is 1060. The number of aromatic amines is 1. The number of aryl methyl sites for hydroxylation is 2. The normalized spacial score (nSPS) is 14.0. The highest BCUT2D eigenvalue weighted by Crippen LogP contribution is 2.17. The highest BCUT2D eigenvalue weighted by atomic mass is 16.2. The third-order valence-electron chi connectivity index (χ3n) is 5.22. The van der Waals surface area contributed by atoms with E-state index in [0.29, 0.717) is 17.7 Å². The largest absolute Gasteiger partial charge is 0.359 e. The molecule has 136 valence electrons. The summed E-state index contributed by atoms with van der Waals surface area (Å²) in [5.74, 6) is 0.920. The molecule has 7 nitrogen and oxygen atoms in total. The number of hydrogen-bond acceptors (Lipinski definition) is 3. The van der Waals surface area contributed by atoms with Gasteiger partial charge in [0.15, 0.2) is 0 Å². The smallest absolute Gasteiger partial charge is 0.267 e. The SMILES string of the molecule is CCn1c(=O)c2c([nH]c3[n+]2CCCN3CCc2ccccc2)n(C)c1=O. The predicted octanol–water partition coefficient (Wildman–Crippen LogP) is 0.788. The van der Waals surface area contributed by atoms with Crippen LogP contribution in [0.5, 0.6) is 0 Å². The summed E-state index contributed by atoms with van der Waals surface area (Å²) in [4.78, 5) is 30.9. The van der Waals surface area contributed by atoms with Crippen molar-refractivity contribution in [2.45, 2.75) is 32.9 Å². The molecule has 26 heavy (non-hydrogen) atoms. The topological polar surface area (TPSA) is 66.9 Å².